The first-order chi connectivity index (χ1) is 5.23. The van der Waals surface area contributed by atoms with Crippen LogP contribution in [-0.2, 0) is 0 Å². The lowest BCUT2D eigenvalue weighted by Gasteiger charge is -2.43. The second-order valence-corrected chi connectivity index (χ2v) is 4.99. The summed E-state index contributed by atoms with van der Waals surface area (Å²) >= 11 is 0. The Labute approximate surface area is 76.7 Å². The predicted molar refractivity (Wildman–Crippen MR) is 54.7 cm³/mol. The highest BCUT2D eigenvalue weighted by molar-refractivity contribution is 4.98. The first-order valence-electron chi connectivity index (χ1n) is 4.42. The number of nitrogens with two attached hydrogens (primary N) is 1. The van der Waals surface area contributed by atoms with Crippen molar-refractivity contribution in [1.29, 1.82) is 0 Å². The molecule has 0 heterocycles. The molecule has 0 radical (unpaired) electrons. The Kier molecular flexibility index (Phi) is 3.35. The van der Waals surface area contributed by atoms with Gasteiger partial charge in [0.05, 0.1) is 0 Å². The Morgan fingerprint density at radius 2 is 1.67 bits per heavy atom. The van der Waals surface area contributed by atoms with Crippen molar-refractivity contribution in [2.75, 3.05) is 0 Å². The zero-order chi connectivity index (χ0) is 9.99. The molecular formula is C11H21N. The van der Waals surface area contributed by atoms with Crippen LogP contribution in [-0.4, -0.2) is 6.04 Å². The number of hydrogen-bond acceptors (Lipinski definition) is 1. The van der Waals surface area contributed by atoms with Gasteiger partial charge in [-0.2, -0.15) is 0 Å². The van der Waals surface area contributed by atoms with Crippen molar-refractivity contribution in [2.45, 2.75) is 47.1 Å². The van der Waals surface area contributed by atoms with E-state index < -0.39 is 0 Å². The van der Waals surface area contributed by atoms with Gasteiger partial charge in [0.15, 0.2) is 0 Å². The minimum Gasteiger partial charge on any atom is -0.326 e. The fourth-order valence-electron chi connectivity index (χ4n) is 0.938. The summed E-state index contributed by atoms with van der Waals surface area (Å²) in [5, 5.41) is 0. The van der Waals surface area contributed by atoms with Gasteiger partial charge < -0.3 is 5.73 Å². The van der Waals surface area contributed by atoms with Gasteiger partial charge in [0.2, 0.25) is 0 Å². The summed E-state index contributed by atoms with van der Waals surface area (Å²) in [6.45, 7) is 10.9. The van der Waals surface area contributed by atoms with Crippen LogP contribution in [0, 0.1) is 23.2 Å². The lowest BCUT2D eigenvalue weighted by atomic mass is 9.64. The van der Waals surface area contributed by atoms with E-state index in [1.165, 1.54) is 0 Å². The average Bonchev–Trinajstić information content (AvgIpc) is 1.85. The summed E-state index contributed by atoms with van der Waals surface area (Å²) in [7, 11) is 0. The molecule has 0 fully saturated rings. The lowest BCUT2D eigenvalue weighted by Crippen LogP contribution is -2.45. The van der Waals surface area contributed by atoms with Gasteiger partial charge in [-0.15, -0.1) is 12.3 Å². The maximum Gasteiger partial charge on any atom is 0.0243 e. The van der Waals surface area contributed by atoms with Crippen LogP contribution in [0.1, 0.15) is 41.0 Å². The largest absolute Gasteiger partial charge is 0.326 e. The third kappa shape index (κ3) is 2.25. The highest BCUT2D eigenvalue weighted by atomic mass is 14.7. The molecule has 0 aliphatic carbocycles. The molecule has 0 spiro atoms. The van der Waals surface area contributed by atoms with Crippen LogP contribution in [0.2, 0.25) is 0 Å². The molecule has 12 heavy (non-hydrogen) atoms. The van der Waals surface area contributed by atoms with Gasteiger partial charge in [-0.25, -0.2) is 0 Å². The van der Waals surface area contributed by atoms with Crippen LogP contribution in [0.15, 0.2) is 0 Å². The van der Waals surface area contributed by atoms with Gasteiger partial charge in [-0.05, 0) is 10.8 Å². The summed E-state index contributed by atoms with van der Waals surface area (Å²) in [6, 6.07) is 0.0856. The molecule has 0 bridgehead atoms. The van der Waals surface area contributed by atoms with Crippen molar-refractivity contribution in [2.24, 2.45) is 16.6 Å². The van der Waals surface area contributed by atoms with E-state index in [0.717, 1.165) is 0 Å². The molecule has 70 valence electrons. The molecule has 0 saturated heterocycles. The van der Waals surface area contributed by atoms with Crippen LogP contribution < -0.4 is 5.73 Å². The fraction of sp³-hybridized carbons (Fsp3) is 0.818. The Hall–Kier alpha value is -0.480. The monoisotopic (exact) mass is 167 g/mol. The van der Waals surface area contributed by atoms with Gasteiger partial charge in [-0.3, -0.25) is 0 Å². The fourth-order valence-corrected chi connectivity index (χ4v) is 0.938. The zero-order valence-corrected chi connectivity index (χ0v) is 8.94. The Balaban J connectivity index is 4.52. The van der Waals surface area contributed by atoms with E-state index in [1.807, 2.05) is 0 Å². The molecular weight excluding hydrogens is 146 g/mol. The highest BCUT2D eigenvalue weighted by Gasteiger charge is 2.37. The second-order valence-electron chi connectivity index (χ2n) is 4.99. The molecule has 1 heteroatoms. The van der Waals surface area contributed by atoms with Gasteiger partial charge in [0, 0.05) is 12.5 Å². The minimum atomic E-state index is 0.0827. The Morgan fingerprint density at radius 1 is 1.25 bits per heavy atom. The molecule has 1 atom stereocenters. The molecule has 0 aliphatic rings. The van der Waals surface area contributed by atoms with E-state index in [1.54, 1.807) is 0 Å². The van der Waals surface area contributed by atoms with E-state index in [-0.39, 0.29) is 16.9 Å². The summed E-state index contributed by atoms with van der Waals surface area (Å²) in [6.07, 6.45) is 5.90. The number of hydrogen-bond donors (Lipinski definition) is 1. The Bertz CT molecular complexity index is 178. The van der Waals surface area contributed by atoms with Gasteiger partial charge >= 0.3 is 0 Å². The third-order valence-electron chi connectivity index (χ3n) is 3.20. The summed E-state index contributed by atoms with van der Waals surface area (Å²) in [5.74, 6) is 2.62. The molecule has 0 aromatic heterocycles. The van der Waals surface area contributed by atoms with Gasteiger partial charge in [0.25, 0.3) is 0 Å². The third-order valence-corrected chi connectivity index (χ3v) is 3.20. The maximum atomic E-state index is 6.01. The maximum absolute atomic E-state index is 6.01. The minimum absolute atomic E-state index is 0.0827. The van der Waals surface area contributed by atoms with E-state index in [9.17, 15) is 0 Å². The smallest absolute Gasteiger partial charge is 0.0243 e. The van der Waals surface area contributed by atoms with Crippen molar-refractivity contribution in [1.82, 2.24) is 0 Å². The molecule has 0 saturated carbocycles. The molecule has 2 N–H and O–H groups in total. The van der Waals surface area contributed by atoms with Crippen molar-refractivity contribution in [3.63, 3.8) is 0 Å². The van der Waals surface area contributed by atoms with Crippen molar-refractivity contribution >= 4 is 0 Å². The number of terminal acetylenes is 1. The van der Waals surface area contributed by atoms with Crippen molar-refractivity contribution < 1.29 is 0 Å². The van der Waals surface area contributed by atoms with E-state index >= 15 is 0 Å². The van der Waals surface area contributed by atoms with Crippen LogP contribution in [0.4, 0.5) is 0 Å². The standard InChI is InChI=1S/C11H21N/c1-7-8-9(12)11(5,6)10(2,3)4/h1,9H,8,12H2,2-6H3. The molecule has 1 nitrogen and oxygen atoms in total. The molecule has 0 amide bonds. The average molecular weight is 167 g/mol. The Morgan fingerprint density at radius 3 is 1.92 bits per heavy atom. The van der Waals surface area contributed by atoms with Crippen molar-refractivity contribution in [3.8, 4) is 12.3 Å². The quantitative estimate of drug-likeness (QED) is 0.628. The van der Waals surface area contributed by atoms with Crippen molar-refractivity contribution in [3.05, 3.63) is 0 Å². The lowest BCUT2D eigenvalue weighted by molar-refractivity contribution is 0.0983. The second kappa shape index (κ2) is 3.49. The summed E-state index contributed by atoms with van der Waals surface area (Å²) < 4.78 is 0. The molecule has 0 aromatic carbocycles. The summed E-state index contributed by atoms with van der Waals surface area (Å²) in [5.41, 5.74) is 6.29. The zero-order valence-electron chi connectivity index (χ0n) is 8.94. The highest BCUT2D eigenvalue weighted by Crippen LogP contribution is 2.40. The van der Waals surface area contributed by atoms with Gasteiger partial charge in [-0.1, -0.05) is 34.6 Å². The molecule has 0 aliphatic heterocycles. The summed E-state index contributed by atoms with van der Waals surface area (Å²) in [4.78, 5) is 0. The van der Waals surface area contributed by atoms with E-state index in [0.29, 0.717) is 6.42 Å². The first kappa shape index (κ1) is 11.5. The van der Waals surface area contributed by atoms with E-state index in [2.05, 4.69) is 40.5 Å². The normalized spacial score (nSPS) is 15.4. The van der Waals surface area contributed by atoms with Crippen LogP contribution >= 0.6 is 0 Å². The molecule has 0 aromatic rings. The van der Waals surface area contributed by atoms with Crippen LogP contribution in [0.5, 0.6) is 0 Å². The molecule has 1 unspecified atom stereocenters. The number of rotatable bonds is 2. The topological polar surface area (TPSA) is 26.0 Å². The van der Waals surface area contributed by atoms with E-state index in [4.69, 9.17) is 12.2 Å². The van der Waals surface area contributed by atoms with Crippen LogP contribution in [0.3, 0.4) is 0 Å². The molecule has 0 rings (SSSR count). The van der Waals surface area contributed by atoms with Gasteiger partial charge in [0.1, 0.15) is 0 Å². The first-order valence-corrected chi connectivity index (χ1v) is 4.42. The SMILES string of the molecule is C#CCC(N)C(C)(C)C(C)(C)C. The van der Waals surface area contributed by atoms with Crippen LogP contribution in [0.25, 0.3) is 0 Å². The predicted octanol–water partition coefficient (Wildman–Crippen LogP) is 2.41.